The first kappa shape index (κ1) is 19.8. The van der Waals surface area contributed by atoms with Gasteiger partial charge >= 0.3 is 0 Å². The number of carbonyl (C=O) groups is 2. The average Bonchev–Trinajstić information content (AvgIpc) is 3.23. The second kappa shape index (κ2) is 9.80. The van der Waals surface area contributed by atoms with Gasteiger partial charge in [-0.15, -0.1) is 0 Å². The van der Waals surface area contributed by atoms with Crippen molar-refractivity contribution in [2.75, 3.05) is 13.7 Å². The van der Waals surface area contributed by atoms with Crippen LogP contribution in [0.25, 0.3) is 0 Å². The molecule has 0 aromatic heterocycles. The molecule has 0 spiro atoms. The molecule has 2 amide bonds. The summed E-state index contributed by atoms with van der Waals surface area (Å²) < 4.78 is 5.18. The Morgan fingerprint density at radius 3 is 2.50 bits per heavy atom. The lowest BCUT2D eigenvalue weighted by Crippen LogP contribution is -2.27. The second-order valence-corrected chi connectivity index (χ2v) is 6.66. The van der Waals surface area contributed by atoms with E-state index < -0.39 is 0 Å². The molecule has 146 valence electrons. The van der Waals surface area contributed by atoms with Gasteiger partial charge in [0.15, 0.2) is 0 Å². The number of hydrogen-bond donors (Lipinski definition) is 1. The molecular weight excluding hydrogens is 354 g/mol. The zero-order valence-corrected chi connectivity index (χ0v) is 16.1. The molecule has 0 unspecified atom stereocenters. The quantitative estimate of drug-likeness (QED) is 0.767. The maximum absolute atomic E-state index is 12.4. The summed E-state index contributed by atoms with van der Waals surface area (Å²) in [6.45, 7) is 1.49. The molecule has 1 N–H and O–H groups in total. The molecule has 6 heteroatoms. The van der Waals surface area contributed by atoms with Gasteiger partial charge in [-0.25, -0.2) is 5.01 Å². The van der Waals surface area contributed by atoms with E-state index in [2.05, 4.69) is 10.4 Å². The van der Waals surface area contributed by atoms with E-state index in [0.29, 0.717) is 19.7 Å². The van der Waals surface area contributed by atoms with Gasteiger partial charge in [0.05, 0.1) is 18.9 Å². The topological polar surface area (TPSA) is 71.0 Å². The zero-order valence-electron chi connectivity index (χ0n) is 16.1. The standard InChI is InChI=1S/C22H25N3O3/c1-28-16-19-10-6-5-9-18(19)15-23-21(26)11-12-22(27)25-14-13-20(24-25)17-7-3-2-4-8-17/h2-10H,11-16H2,1H3,(H,23,26). The van der Waals surface area contributed by atoms with Crippen LogP contribution in [-0.2, 0) is 27.5 Å². The molecule has 0 radical (unpaired) electrons. The van der Waals surface area contributed by atoms with Crippen LogP contribution in [0.5, 0.6) is 0 Å². The van der Waals surface area contributed by atoms with E-state index in [1.54, 1.807) is 7.11 Å². The van der Waals surface area contributed by atoms with Crippen LogP contribution >= 0.6 is 0 Å². The predicted octanol–water partition coefficient (Wildman–Crippen LogP) is 2.87. The van der Waals surface area contributed by atoms with E-state index in [1.165, 1.54) is 5.01 Å². The van der Waals surface area contributed by atoms with Gasteiger partial charge in [-0.3, -0.25) is 9.59 Å². The normalized spacial score (nSPS) is 13.3. The average molecular weight is 379 g/mol. The Morgan fingerprint density at radius 1 is 1.04 bits per heavy atom. The van der Waals surface area contributed by atoms with Crippen molar-refractivity contribution in [2.45, 2.75) is 32.4 Å². The highest BCUT2D eigenvalue weighted by atomic mass is 16.5. The maximum Gasteiger partial charge on any atom is 0.243 e. The lowest BCUT2D eigenvalue weighted by molar-refractivity contribution is -0.133. The van der Waals surface area contributed by atoms with Crippen molar-refractivity contribution in [2.24, 2.45) is 5.10 Å². The van der Waals surface area contributed by atoms with Crippen molar-refractivity contribution in [3.63, 3.8) is 0 Å². The molecule has 2 aromatic carbocycles. The fraction of sp³-hybridized carbons (Fsp3) is 0.318. The molecule has 28 heavy (non-hydrogen) atoms. The molecule has 6 nitrogen and oxygen atoms in total. The van der Waals surface area contributed by atoms with Gasteiger partial charge in [-0.2, -0.15) is 5.10 Å². The number of carbonyl (C=O) groups excluding carboxylic acids is 2. The van der Waals surface area contributed by atoms with Crippen LogP contribution in [0.4, 0.5) is 0 Å². The van der Waals surface area contributed by atoms with Gasteiger partial charge in [0.25, 0.3) is 0 Å². The van der Waals surface area contributed by atoms with Crippen LogP contribution in [0, 0.1) is 0 Å². The molecule has 0 aliphatic carbocycles. The maximum atomic E-state index is 12.4. The van der Waals surface area contributed by atoms with E-state index in [1.807, 2.05) is 54.6 Å². The molecule has 1 aliphatic heterocycles. The second-order valence-electron chi connectivity index (χ2n) is 6.66. The molecule has 0 saturated heterocycles. The van der Waals surface area contributed by atoms with Gasteiger partial charge in [0.2, 0.25) is 11.8 Å². The predicted molar refractivity (Wildman–Crippen MR) is 108 cm³/mol. The summed E-state index contributed by atoms with van der Waals surface area (Å²) >= 11 is 0. The molecule has 1 heterocycles. The monoisotopic (exact) mass is 379 g/mol. The van der Waals surface area contributed by atoms with E-state index >= 15 is 0 Å². The number of nitrogens with zero attached hydrogens (tertiary/aromatic N) is 2. The van der Waals surface area contributed by atoms with Gasteiger partial charge in [0.1, 0.15) is 0 Å². The largest absolute Gasteiger partial charge is 0.380 e. The Balaban J connectivity index is 1.46. The highest BCUT2D eigenvalue weighted by molar-refractivity contribution is 6.02. The van der Waals surface area contributed by atoms with Crippen LogP contribution < -0.4 is 5.32 Å². The number of rotatable bonds is 8. The van der Waals surface area contributed by atoms with E-state index in [0.717, 1.165) is 28.8 Å². The summed E-state index contributed by atoms with van der Waals surface area (Å²) in [7, 11) is 1.64. The number of methoxy groups -OCH3 is 1. The van der Waals surface area contributed by atoms with Gasteiger partial charge in [0, 0.05) is 32.9 Å². The summed E-state index contributed by atoms with van der Waals surface area (Å²) in [5, 5.41) is 8.77. The number of amides is 2. The van der Waals surface area contributed by atoms with Crippen LogP contribution in [0.2, 0.25) is 0 Å². The van der Waals surface area contributed by atoms with Gasteiger partial charge < -0.3 is 10.1 Å². The van der Waals surface area contributed by atoms with Crippen molar-refractivity contribution in [1.29, 1.82) is 0 Å². The summed E-state index contributed by atoms with van der Waals surface area (Å²) in [5.74, 6) is -0.270. The molecule has 1 aliphatic rings. The van der Waals surface area contributed by atoms with E-state index in [9.17, 15) is 9.59 Å². The summed E-state index contributed by atoms with van der Waals surface area (Å²) in [5.41, 5.74) is 4.00. The fourth-order valence-corrected chi connectivity index (χ4v) is 3.13. The third kappa shape index (κ3) is 5.27. The molecule has 3 rings (SSSR count). The molecule has 2 aromatic rings. The lowest BCUT2D eigenvalue weighted by atomic mass is 10.1. The molecule has 0 bridgehead atoms. The van der Waals surface area contributed by atoms with Gasteiger partial charge in [-0.05, 0) is 16.7 Å². The number of nitrogens with one attached hydrogen (secondary N) is 1. The van der Waals surface area contributed by atoms with Crippen molar-refractivity contribution >= 4 is 17.5 Å². The summed E-state index contributed by atoms with van der Waals surface area (Å²) in [6, 6.07) is 17.7. The number of hydrogen-bond acceptors (Lipinski definition) is 4. The zero-order chi connectivity index (χ0) is 19.8. The molecule has 0 fully saturated rings. The summed E-state index contributed by atoms with van der Waals surface area (Å²) in [6.07, 6.45) is 1.04. The Morgan fingerprint density at radius 2 is 1.75 bits per heavy atom. The molecular formula is C22H25N3O3. The molecule has 0 atom stereocenters. The van der Waals surface area contributed by atoms with Crippen molar-refractivity contribution in [3.8, 4) is 0 Å². The Kier molecular flexibility index (Phi) is 6.92. The minimum atomic E-state index is -0.146. The third-order valence-corrected chi connectivity index (χ3v) is 4.66. The van der Waals surface area contributed by atoms with Crippen LogP contribution in [0.3, 0.4) is 0 Å². The van der Waals surface area contributed by atoms with E-state index in [-0.39, 0.29) is 24.7 Å². The van der Waals surface area contributed by atoms with Crippen molar-refractivity contribution in [1.82, 2.24) is 10.3 Å². The fourth-order valence-electron chi connectivity index (χ4n) is 3.13. The third-order valence-electron chi connectivity index (χ3n) is 4.66. The SMILES string of the molecule is COCc1ccccc1CNC(=O)CCC(=O)N1CCC(c2ccccc2)=N1. The smallest absolute Gasteiger partial charge is 0.243 e. The Hall–Kier alpha value is -2.99. The summed E-state index contributed by atoms with van der Waals surface area (Å²) in [4.78, 5) is 24.5. The number of ether oxygens (including phenoxy) is 1. The Bertz CT molecular complexity index is 849. The van der Waals surface area contributed by atoms with E-state index in [4.69, 9.17) is 4.74 Å². The first-order valence-corrected chi connectivity index (χ1v) is 9.43. The van der Waals surface area contributed by atoms with Crippen LogP contribution in [0.15, 0.2) is 59.7 Å². The minimum Gasteiger partial charge on any atom is -0.380 e. The number of benzene rings is 2. The minimum absolute atomic E-state index is 0.124. The first-order chi connectivity index (χ1) is 13.7. The highest BCUT2D eigenvalue weighted by Crippen LogP contribution is 2.15. The number of hydrazone groups is 1. The highest BCUT2D eigenvalue weighted by Gasteiger charge is 2.21. The Labute approximate surface area is 165 Å². The molecule has 0 saturated carbocycles. The lowest BCUT2D eigenvalue weighted by Gasteiger charge is -2.12. The van der Waals surface area contributed by atoms with Crippen LogP contribution in [0.1, 0.15) is 36.0 Å². The van der Waals surface area contributed by atoms with Crippen LogP contribution in [-0.4, -0.2) is 36.2 Å². The first-order valence-electron chi connectivity index (χ1n) is 9.43. The van der Waals surface area contributed by atoms with Gasteiger partial charge in [-0.1, -0.05) is 54.6 Å². The van der Waals surface area contributed by atoms with Crippen molar-refractivity contribution in [3.05, 3.63) is 71.3 Å². The van der Waals surface area contributed by atoms with Crippen molar-refractivity contribution < 1.29 is 14.3 Å².